The summed E-state index contributed by atoms with van der Waals surface area (Å²) in [5, 5.41) is 0. The van der Waals surface area contributed by atoms with Crippen molar-refractivity contribution in [1.82, 2.24) is 9.97 Å². The fourth-order valence-electron chi connectivity index (χ4n) is 0.499. The van der Waals surface area contributed by atoms with Gasteiger partial charge in [-0.2, -0.15) is 0 Å². The number of nitrogens with zero attached hydrogens (tertiary/aromatic N) is 1. The fraction of sp³-hybridized carbons (Fsp3) is 0. The molecule has 0 amide bonds. The number of carbonyl (C=O) groups excluding carboxylic acids is 1. The first-order valence-corrected chi connectivity index (χ1v) is 2.54. The lowest BCUT2D eigenvalue weighted by atomic mass is 10.5. The first-order valence-electron chi connectivity index (χ1n) is 2.54. The van der Waals surface area contributed by atoms with Gasteiger partial charge in [0.2, 0.25) is 0 Å². The van der Waals surface area contributed by atoms with Gasteiger partial charge < -0.3 is 4.98 Å². The zero-order chi connectivity index (χ0) is 6.53. The summed E-state index contributed by atoms with van der Waals surface area (Å²) in [5.74, 6) is 0.696. The number of imidazole rings is 1. The summed E-state index contributed by atoms with van der Waals surface area (Å²) in [4.78, 5) is 16.4. The molecule has 0 unspecified atom stereocenters. The van der Waals surface area contributed by atoms with Crippen LogP contribution in [0, 0.1) is 0 Å². The van der Waals surface area contributed by atoms with E-state index in [2.05, 4.69) is 9.97 Å². The van der Waals surface area contributed by atoms with Gasteiger partial charge in [0.05, 0.1) is 0 Å². The van der Waals surface area contributed by atoms with Crippen LogP contribution in [0.4, 0.5) is 0 Å². The van der Waals surface area contributed by atoms with Gasteiger partial charge in [0.1, 0.15) is 12.1 Å². The van der Waals surface area contributed by atoms with Crippen molar-refractivity contribution in [2.45, 2.75) is 0 Å². The number of aromatic nitrogens is 2. The molecule has 0 atom stereocenters. The van der Waals surface area contributed by atoms with E-state index in [0.29, 0.717) is 12.1 Å². The number of allylic oxidation sites excluding steroid dienone is 1. The molecule has 3 heteroatoms. The lowest BCUT2D eigenvalue weighted by molar-refractivity contribution is -0.104. The highest BCUT2D eigenvalue weighted by molar-refractivity contribution is 5.72. The van der Waals surface area contributed by atoms with Crippen LogP contribution in [0.3, 0.4) is 0 Å². The lowest BCUT2D eigenvalue weighted by Gasteiger charge is -1.76. The molecule has 0 spiro atoms. The highest BCUT2D eigenvalue weighted by Gasteiger charge is 1.81. The van der Waals surface area contributed by atoms with E-state index >= 15 is 0 Å². The monoisotopic (exact) mass is 122 g/mol. The van der Waals surface area contributed by atoms with Crippen LogP contribution >= 0.6 is 0 Å². The second-order valence-electron chi connectivity index (χ2n) is 1.47. The summed E-state index contributed by atoms with van der Waals surface area (Å²) in [5.41, 5.74) is 0. The van der Waals surface area contributed by atoms with Crippen LogP contribution in [0.5, 0.6) is 0 Å². The van der Waals surface area contributed by atoms with Gasteiger partial charge in [0.15, 0.2) is 0 Å². The molecule has 1 aromatic rings. The van der Waals surface area contributed by atoms with Crippen molar-refractivity contribution in [3.63, 3.8) is 0 Å². The standard InChI is InChI=1S/C6H6N2O/c9-5-1-2-6-7-3-4-8-6/h1-5H,(H,7,8)/b2-1+. The van der Waals surface area contributed by atoms with Crippen LogP contribution < -0.4 is 0 Å². The van der Waals surface area contributed by atoms with E-state index in [1.807, 2.05) is 0 Å². The van der Waals surface area contributed by atoms with Crippen LogP contribution in [0.2, 0.25) is 0 Å². The highest BCUT2D eigenvalue weighted by atomic mass is 16.1. The molecule has 0 saturated carbocycles. The second-order valence-corrected chi connectivity index (χ2v) is 1.47. The normalized spacial score (nSPS) is 10.2. The van der Waals surface area contributed by atoms with Crippen LogP contribution in [0.25, 0.3) is 6.08 Å². The zero-order valence-corrected chi connectivity index (χ0v) is 4.74. The predicted molar refractivity (Wildman–Crippen MR) is 33.7 cm³/mol. The Morgan fingerprint density at radius 1 is 1.67 bits per heavy atom. The summed E-state index contributed by atoms with van der Waals surface area (Å²) >= 11 is 0. The van der Waals surface area contributed by atoms with Crippen LogP contribution in [-0.4, -0.2) is 16.3 Å². The summed E-state index contributed by atoms with van der Waals surface area (Å²) in [6.07, 6.45) is 7.03. The molecule has 1 aromatic heterocycles. The minimum Gasteiger partial charge on any atom is -0.345 e. The van der Waals surface area contributed by atoms with Crippen LogP contribution in [0.1, 0.15) is 5.82 Å². The summed E-state index contributed by atoms with van der Waals surface area (Å²) in [6, 6.07) is 0. The fourth-order valence-corrected chi connectivity index (χ4v) is 0.499. The van der Waals surface area contributed by atoms with Crippen molar-refractivity contribution in [1.29, 1.82) is 0 Å². The molecule has 0 fully saturated rings. The molecule has 1 N–H and O–H groups in total. The first kappa shape index (κ1) is 5.75. The Morgan fingerprint density at radius 2 is 2.56 bits per heavy atom. The third-order valence-corrected chi connectivity index (χ3v) is 0.852. The minimum absolute atomic E-state index is 0.696. The maximum absolute atomic E-state index is 9.77. The van der Waals surface area contributed by atoms with E-state index in [-0.39, 0.29) is 0 Å². The van der Waals surface area contributed by atoms with Crippen molar-refractivity contribution >= 4 is 12.4 Å². The molecule has 0 aliphatic rings. The zero-order valence-electron chi connectivity index (χ0n) is 4.74. The smallest absolute Gasteiger partial charge is 0.142 e. The number of nitrogens with one attached hydrogen (secondary N) is 1. The molecule has 0 bridgehead atoms. The molecule has 1 rings (SSSR count). The third kappa shape index (κ3) is 1.53. The predicted octanol–water partition coefficient (Wildman–Crippen LogP) is 0.622. The van der Waals surface area contributed by atoms with Gasteiger partial charge >= 0.3 is 0 Å². The average molecular weight is 122 g/mol. The number of aldehydes is 1. The van der Waals surface area contributed by atoms with Gasteiger partial charge in [-0.25, -0.2) is 4.98 Å². The maximum Gasteiger partial charge on any atom is 0.142 e. The summed E-state index contributed by atoms with van der Waals surface area (Å²) in [6.45, 7) is 0. The molecule has 0 saturated heterocycles. The van der Waals surface area contributed by atoms with Gasteiger partial charge in [0, 0.05) is 12.4 Å². The molecule has 46 valence electrons. The van der Waals surface area contributed by atoms with Gasteiger partial charge in [-0.15, -0.1) is 0 Å². The van der Waals surface area contributed by atoms with Gasteiger partial charge in [-0.1, -0.05) is 0 Å². The third-order valence-electron chi connectivity index (χ3n) is 0.852. The molecule has 0 aliphatic carbocycles. The number of hydrogen-bond donors (Lipinski definition) is 1. The summed E-state index contributed by atoms with van der Waals surface area (Å²) in [7, 11) is 0. The molecule has 9 heavy (non-hydrogen) atoms. The molecular formula is C6H6N2O. The van der Waals surface area contributed by atoms with Crippen molar-refractivity contribution in [3.8, 4) is 0 Å². The minimum atomic E-state index is 0.696. The second kappa shape index (κ2) is 2.81. The van der Waals surface area contributed by atoms with Crippen LogP contribution in [0.15, 0.2) is 18.5 Å². The van der Waals surface area contributed by atoms with Crippen molar-refractivity contribution < 1.29 is 4.79 Å². The molecule has 3 nitrogen and oxygen atoms in total. The van der Waals surface area contributed by atoms with Crippen LogP contribution in [-0.2, 0) is 4.79 Å². The highest BCUT2D eigenvalue weighted by Crippen LogP contribution is 1.88. The average Bonchev–Trinajstić information content (AvgIpc) is 2.34. The van der Waals surface area contributed by atoms with E-state index in [0.717, 1.165) is 0 Å². The summed E-state index contributed by atoms with van der Waals surface area (Å²) < 4.78 is 0. The number of H-pyrrole nitrogens is 1. The van der Waals surface area contributed by atoms with Crippen molar-refractivity contribution in [2.24, 2.45) is 0 Å². The van der Waals surface area contributed by atoms with Gasteiger partial charge in [-0.05, 0) is 12.2 Å². The van der Waals surface area contributed by atoms with Gasteiger partial charge in [0.25, 0.3) is 0 Å². The molecule has 0 radical (unpaired) electrons. The van der Waals surface area contributed by atoms with E-state index in [1.165, 1.54) is 6.08 Å². The topological polar surface area (TPSA) is 45.8 Å². The number of hydrogen-bond acceptors (Lipinski definition) is 2. The Bertz CT molecular complexity index is 201. The Hall–Kier alpha value is -1.38. The Balaban J connectivity index is 2.67. The molecule has 0 aromatic carbocycles. The molecule has 0 aliphatic heterocycles. The Kier molecular flexibility index (Phi) is 1.80. The Morgan fingerprint density at radius 3 is 3.11 bits per heavy atom. The van der Waals surface area contributed by atoms with E-state index in [1.54, 1.807) is 18.5 Å². The van der Waals surface area contributed by atoms with E-state index in [9.17, 15) is 4.79 Å². The SMILES string of the molecule is O=C/C=C/c1ncc[nH]1. The molecule has 1 heterocycles. The maximum atomic E-state index is 9.77. The van der Waals surface area contributed by atoms with Crippen molar-refractivity contribution in [2.75, 3.05) is 0 Å². The van der Waals surface area contributed by atoms with Crippen molar-refractivity contribution in [3.05, 3.63) is 24.3 Å². The lowest BCUT2D eigenvalue weighted by Crippen LogP contribution is -1.71. The van der Waals surface area contributed by atoms with Gasteiger partial charge in [-0.3, -0.25) is 4.79 Å². The van der Waals surface area contributed by atoms with E-state index < -0.39 is 0 Å². The number of rotatable bonds is 2. The number of aromatic amines is 1. The Labute approximate surface area is 52.4 Å². The first-order chi connectivity index (χ1) is 4.43. The number of carbonyl (C=O) groups is 1. The quantitative estimate of drug-likeness (QED) is 0.461. The van der Waals surface area contributed by atoms with E-state index in [4.69, 9.17) is 0 Å². The molecular weight excluding hydrogens is 116 g/mol. The largest absolute Gasteiger partial charge is 0.345 e.